The fourth-order valence-corrected chi connectivity index (χ4v) is 3.06. The van der Waals surface area contributed by atoms with E-state index in [4.69, 9.17) is 0 Å². The third-order valence-corrected chi connectivity index (χ3v) is 4.58. The molecule has 1 aromatic heterocycles. The minimum atomic E-state index is -0.212. The van der Waals surface area contributed by atoms with Crippen LogP contribution in [0.4, 0.5) is 11.5 Å². The van der Waals surface area contributed by atoms with Crippen LogP contribution in [0.2, 0.25) is 0 Å². The van der Waals surface area contributed by atoms with E-state index in [9.17, 15) is 4.79 Å². The molecule has 0 unspecified atom stereocenters. The normalized spacial score (nSPS) is 16.0. The number of benzene rings is 2. The maximum atomic E-state index is 12.2. The summed E-state index contributed by atoms with van der Waals surface area (Å²) in [6, 6.07) is 17.9. The number of nitrogens with one attached hydrogen (secondary N) is 3. The molecule has 0 radical (unpaired) electrons. The average Bonchev–Trinajstić information content (AvgIpc) is 2.84. The van der Waals surface area contributed by atoms with E-state index >= 15 is 0 Å². The zero-order valence-corrected chi connectivity index (χ0v) is 14.7. The number of H-pyrrole nitrogens is 1. The van der Waals surface area contributed by atoms with E-state index in [1.54, 1.807) is 0 Å². The van der Waals surface area contributed by atoms with Crippen LogP contribution in [0.5, 0.6) is 0 Å². The van der Waals surface area contributed by atoms with Gasteiger partial charge in [0.25, 0.3) is 5.56 Å². The Morgan fingerprint density at radius 1 is 1.00 bits per heavy atom. The number of fused-ring (bicyclic) bond motifs is 1. The Morgan fingerprint density at radius 2 is 1.76 bits per heavy atom. The first kappa shape index (κ1) is 15.7. The van der Waals surface area contributed by atoms with Crippen molar-refractivity contribution in [3.8, 4) is 0 Å². The second-order valence-electron chi connectivity index (χ2n) is 5.70. The second-order valence-corrected chi connectivity index (χ2v) is 6.62. The lowest BCUT2D eigenvalue weighted by Gasteiger charge is -2.15. The molecule has 0 fully saturated rings. The molecule has 1 atom stereocenters. The molecule has 5 nitrogen and oxygen atoms in total. The van der Waals surface area contributed by atoms with E-state index in [-0.39, 0.29) is 11.6 Å². The van der Waals surface area contributed by atoms with Gasteiger partial charge in [0.2, 0.25) is 0 Å². The van der Waals surface area contributed by atoms with Gasteiger partial charge in [-0.2, -0.15) is 0 Å². The van der Waals surface area contributed by atoms with Crippen molar-refractivity contribution in [3.05, 3.63) is 93.0 Å². The molecular formula is C19H15BrN4O. The monoisotopic (exact) mass is 394 g/mol. The summed E-state index contributed by atoms with van der Waals surface area (Å²) in [6.45, 7) is 0. The van der Waals surface area contributed by atoms with Crippen LogP contribution in [0, 0.1) is 0 Å². The molecule has 0 amide bonds. The summed E-state index contributed by atoms with van der Waals surface area (Å²) >= 11 is 3.46. The molecule has 25 heavy (non-hydrogen) atoms. The molecule has 0 saturated carbocycles. The number of rotatable bonds is 2. The third-order valence-electron chi connectivity index (χ3n) is 4.05. The van der Waals surface area contributed by atoms with E-state index < -0.39 is 0 Å². The molecule has 0 aliphatic carbocycles. The van der Waals surface area contributed by atoms with Gasteiger partial charge in [0, 0.05) is 10.2 Å². The molecule has 3 aromatic rings. The highest BCUT2D eigenvalue weighted by molar-refractivity contribution is 9.10. The van der Waals surface area contributed by atoms with E-state index in [0.717, 1.165) is 21.3 Å². The highest BCUT2D eigenvalue weighted by atomic mass is 79.9. The van der Waals surface area contributed by atoms with Crippen LogP contribution in [-0.2, 0) is 0 Å². The largest absolute Gasteiger partial charge is 0.358 e. The third kappa shape index (κ3) is 3.21. The Balaban J connectivity index is 1.85. The van der Waals surface area contributed by atoms with E-state index in [2.05, 4.69) is 42.6 Å². The van der Waals surface area contributed by atoms with Crippen LogP contribution in [0.15, 0.2) is 76.3 Å². The van der Waals surface area contributed by atoms with Crippen LogP contribution in [-0.4, -0.2) is 9.97 Å². The maximum absolute atomic E-state index is 12.2. The maximum Gasteiger partial charge on any atom is 0.276 e. The Morgan fingerprint density at radius 3 is 2.52 bits per heavy atom. The predicted octanol–water partition coefficient (Wildman–Crippen LogP) is 4.15. The smallest absolute Gasteiger partial charge is 0.276 e. The van der Waals surface area contributed by atoms with Crippen LogP contribution in [0.3, 0.4) is 0 Å². The van der Waals surface area contributed by atoms with Gasteiger partial charge in [0.05, 0.1) is 12.4 Å². The molecule has 4 rings (SSSR count). The van der Waals surface area contributed by atoms with E-state index in [1.165, 1.54) is 6.33 Å². The zero-order valence-electron chi connectivity index (χ0n) is 13.2. The molecule has 2 heterocycles. The van der Waals surface area contributed by atoms with Gasteiger partial charge in [-0.1, -0.05) is 58.4 Å². The zero-order chi connectivity index (χ0) is 17.2. The fourth-order valence-electron chi connectivity index (χ4n) is 2.79. The van der Waals surface area contributed by atoms with Gasteiger partial charge in [0.1, 0.15) is 5.69 Å². The number of aromatic amines is 1. The van der Waals surface area contributed by atoms with Crippen LogP contribution in [0.25, 0.3) is 5.70 Å². The summed E-state index contributed by atoms with van der Waals surface area (Å²) in [6.07, 6.45) is 3.47. The SMILES string of the molecule is O=c1[nH]cnc2c1NC(c1ccccc1)=C[C@H](c1ccc(Br)cc1)N2. The highest BCUT2D eigenvalue weighted by Gasteiger charge is 2.20. The van der Waals surface area contributed by atoms with Crippen molar-refractivity contribution in [1.29, 1.82) is 0 Å². The van der Waals surface area contributed by atoms with Crippen molar-refractivity contribution in [3.63, 3.8) is 0 Å². The summed E-state index contributed by atoms with van der Waals surface area (Å²) in [5, 5.41) is 6.59. The van der Waals surface area contributed by atoms with Crippen molar-refractivity contribution < 1.29 is 0 Å². The molecule has 3 N–H and O–H groups in total. The van der Waals surface area contributed by atoms with Gasteiger partial charge in [-0.3, -0.25) is 4.79 Å². The van der Waals surface area contributed by atoms with Crippen LogP contribution in [0.1, 0.15) is 17.2 Å². The molecule has 1 aliphatic rings. The van der Waals surface area contributed by atoms with Gasteiger partial charge < -0.3 is 15.6 Å². The van der Waals surface area contributed by atoms with Gasteiger partial charge in [-0.05, 0) is 29.3 Å². The summed E-state index contributed by atoms with van der Waals surface area (Å²) < 4.78 is 1.02. The molecule has 0 bridgehead atoms. The molecule has 124 valence electrons. The Kier molecular flexibility index (Phi) is 4.11. The second kappa shape index (κ2) is 6.57. The Labute approximate surface area is 153 Å². The number of hydrogen-bond donors (Lipinski definition) is 3. The number of halogens is 1. The van der Waals surface area contributed by atoms with Gasteiger partial charge in [0.15, 0.2) is 5.82 Å². The molecule has 0 spiro atoms. The molecule has 2 aromatic carbocycles. The number of aromatic nitrogens is 2. The first-order valence-electron chi connectivity index (χ1n) is 7.84. The standard InChI is InChI=1S/C19H15BrN4O/c20-14-8-6-13(7-9-14)16-10-15(12-4-2-1-3-5-12)23-17-18(24-16)21-11-22-19(17)25/h1-11,16,23H,(H2,21,22,24,25)/t16-/m1/s1. The minimum Gasteiger partial charge on any atom is -0.358 e. The Bertz CT molecular complexity index is 980. The van der Waals surface area contributed by atoms with Crippen LogP contribution < -0.4 is 16.2 Å². The van der Waals surface area contributed by atoms with Crippen LogP contribution >= 0.6 is 15.9 Å². The molecular weight excluding hydrogens is 380 g/mol. The molecule has 1 aliphatic heterocycles. The summed E-state index contributed by atoms with van der Waals surface area (Å²) in [5.74, 6) is 0.527. The van der Waals surface area contributed by atoms with Crippen molar-refractivity contribution in [1.82, 2.24) is 9.97 Å². The van der Waals surface area contributed by atoms with Gasteiger partial charge in [-0.25, -0.2) is 4.98 Å². The highest BCUT2D eigenvalue weighted by Crippen LogP contribution is 2.32. The first-order valence-corrected chi connectivity index (χ1v) is 8.64. The quantitative estimate of drug-likeness (QED) is 0.610. The summed E-state index contributed by atoms with van der Waals surface area (Å²) in [5.41, 5.74) is 3.14. The van der Waals surface area contributed by atoms with Gasteiger partial charge in [-0.15, -0.1) is 0 Å². The van der Waals surface area contributed by atoms with Gasteiger partial charge >= 0.3 is 0 Å². The molecule has 6 heteroatoms. The summed E-state index contributed by atoms with van der Waals surface area (Å²) in [7, 11) is 0. The minimum absolute atomic E-state index is 0.119. The number of nitrogens with zero attached hydrogens (tertiary/aromatic N) is 1. The fraction of sp³-hybridized carbons (Fsp3) is 0.0526. The number of anilines is 2. The molecule has 0 saturated heterocycles. The average molecular weight is 395 g/mol. The van der Waals surface area contributed by atoms with Crippen molar-refractivity contribution in [2.75, 3.05) is 10.6 Å². The first-order chi connectivity index (χ1) is 12.2. The lowest BCUT2D eigenvalue weighted by molar-refractivity contribution is 0.967. The summed E-state index contributed by atoms with van der Waals surface area (Å²) in [4.78, 5) is 19.2. The topological polar surface area (TPSA) is 69.8 Å². The van der Waals surface area contributed by atoms with Crippen molar-refractivity contribution in [2.45, 2.75) is 6.04 Å². The van der Waals surface area contributed by atoms with Crippen molar-refractivity contribution in [2.24, 2.45) is 0 Å². The lowest BCUT2D eigenvalue weighted by atomic mass is 10.0. The van der Waals surface area contributed by atoms with E-state index in [1.807, 2.05) is 54.6 Å². The van der Waals surface area contributed by atoms with Crippen molar-refractivity contribution >= 4 is 33.1 Å². The number of hydrogen-bond acceptors (Lipinski definition) is 4. The predicted molar refractivity (Wildman–Crippen MR) is 103 cm³/mol. The van der Waals surface area contributed by atoms with E-state index in [0.29, 0.717) is 11.5 Å². The Hall–Kier alpha value is -2.86. The lowest BCUT2D eigenvalue weighted by Crippen LogP contribution is -2.16.